The Morgan fingerprint density at radius 3 is 2.08 bits per heavy atom. The van der Waals surface area contributed by atoms with Crippen molar-refractivity contribution < 1.29 is 5.11 Å². The lowest BCUT2D eigenvalue weighted by Gasteiger charge is -2.56. The summed E-state index contributed by atoms with van der Waals surface area (Å²) in [6.45, 7) is 4.61. The summed E-state index contributed by atoms with van der Waals surface area (Å²) in [4.78, 5) is 2.76. The van der Waals surface area contributed by atoms with Crippen molar-refractivity contribution in [2.75, 3.05) is 13.1 Å². The fraction of sp³-hybridized carbons (Fsp3) is 0.294. The van der Waals surface area contributed by atoms with Crippen molar-refractivity contribution >= 4 is 0 Å². The Morgan fingerprint density at radius 1 is 0.833 bits per heavy atom. The highest BCUT2D eigenvalue weighted by molar-refractivity contribution is 5.51. The smallest absolute Gasteiger partial charge is 0.115 e. The van der Waals surface area contributed by atoms with Gasteiger partial charge in [0.15, 0.2) is 0 Å². The molecule has 182 valence electrons. The van der Waals surface area contributed by atoms with Crippen molar-refractivity contribution in [3.63, 3.8) is 0 Å². The van der Waals surface area contributed by atoms with Gasteiger partial charge < -0.3 is 5.11 Å². The third-order valence-electron chi connectivity index (χ3n) is 9.02. The molecule has 1 aliphatic heterocycles. The number of phenolic OH excluding ortho intramolecular Hbond substituents is 1. The Morgan fingerprint density at radius 2 is 1.44 bits per heavy atom. The summed E-state index contributed by atoms with van der Waals surface area (Å²) >= 11 is 0. The first-order valence-electron chi connectivity index (χ1n) is 13.4. The number of phenols is 1. The Bertz CT molecular complexity index is 1260. The maximum absolute atomic E-state index is 10.4. The number of benzene rings is 4. The molecule has 36 heavy (non-hydrogen) atoms. The summed E-state index contributed by atoms with van der Waals surface area (Å²) in [7, 11) is 0. The molecule has 4 aromatic carbocycles. The second-order valence-electron chi connectivity index (χ2n) is 10.7. The third kappa shape index (κ3) is 3.94. The highest BCUT2D eigenvalue weighted by atomic mass is 16.3. The van der Waals surface area contributed by atoms with Crippen molar-refractivity contribution in [1.29, 1.82) is 0 Å². The average Bonchev–Trinajstić information content (AvgIpc) is 2.92. The van der Waals surface area contributed by atoms with E-state index in [9.17, 15) is 5.11 Å². The topological polar surface area (TPSA) is 23.5 Å². The number of fused-ring (bicyclic) bond motifs is 4. The van der Waals surface area contributed by atoms with Crippen molar-refractivity contribution in [3.8, 4) is 5.75 Å². The van der Waals surface area contributed by atoms with Gasteiger partial charge in [-0.3, -0.25) is 4.90 Å². The Balaban J connectivity index is 1.32. The van der Waals surface area contributed by atoms with E-state index in [1.165, 1.54) is 27.8 Å². The summed E-state index contributed by atoms with van der Waals surface area (Å²) in [6, 6.07) is 39.6. The first kappa shape index (κ1) is 23.1. The van der Waals surface area contributed by atoms with Gasteiger partial charge in [0.1, 0.15) is 5.75 Å². The SMILES string of the molecule is CC1C2Cc3ccc(O)cc3C1(c1ccccc1)CCN2CCC(c1ccccc1)c1ccccc1. The van der Waals surface area contributed by atoms with Gasteiger partial charge in [0.2, 0.25) is 0 Å². The summed E-state index contributed by atoms with van der Waals surface area (Å²) in [5.41, 5.74) is 6.87. The predicted molar refractivity (Wildman–Crippen MR) is 148 cm³/mol. The normalized spacial score (nSPS) is 23.4. The average molecular weight is 474 g/mol. The van der Waals surface area contributed by atoms with Crippen LogP contribution in [0.3, 0.4) is 0 Å². The van der Waals surface area contributed by atoms with Crippen LogP contribution < -0.4 is 0 Å². The molecule has 2 aliphatic rings. The number of piperidine rings is 1. The van der Waals surface area contributed by atoms with E-state index in [1.54, 1.807) is 0 Å². The Kier molecular flexibility index (Phi) is 6.15. The molecule has 0 saturated carbocycles. The van der Waals surface area contributed by atoms with E-state index in [2.05, 4.69) is 109 Å². The van der Waals surface area contributed by atoms with E-state index in [-0.39, 0.29) is 5.41 Å². The molecule has 6 rings (SSSR count). The maximum Gasteiger partial charge on any atom is 0.115 e. The molecule has 0 spiro atoms. The van der Waals surface area contributed by atoms with Crippen LogP contribution in [0, 0.1) is 5.92 Å². The lowest BCUT2D eigenvalue weighted by molar-refractivity contribution is 0.0394. The highest BCUT2D eigenvalue weighted by Gasteiger charge is 2.52. The molecule has 1 aliphatic carbocycles. The van der Waals surface area contributed by atoms with Gasteiger partial charge in [-0.15, -0.1) is 0 Å². The fourth-order valence-corrected chi connectivity index (χ4v) is 7.19. The first-order chi connectivity index (χ1) is 17.7. The monoisotopic (exact) mass is 473 g/mol. The third-order valence-corrected chi connectivity index (χ3v) is 9.02. The second-order valence-corrected chi connectivity index (χ2v) is 10.7. The van der Waals surface area contributed by atoms with Crippen LogP contribution in [-0.4, -0.2) is 29.1 Å². The second kappa shape index (κ2) is 9.59. The maximum atomic E-state index is 10.4. The number of hydrogen-bond acceptors (Lipinski definition) is 2. The fourth-order valence-electron chi connectivity index (χ4n) is 7.19. The van der Waals surface area contributed by atoms with Crippen LogP contribution in [0.2, 0.25) is 0 Å². The molecule has 0 amide bonds. The molecule has 2 heteroatoms. The standard InChI is InChI=1S/C34H35NO/c1-25-33-23-28-17-18-30(36)24-32(28)34(25,29-15-9-4-10-16-29)20-22-35(33)21-19-31(26-11-5-2-6-12-26)27-13-7-3-8-14-27/h2-18,24-25,31,33,36H,19-23H2,1H3. The van der Waals surface area contributed by atoms with E-state index in [0.717, 1.165) is 32.4 Å². The molecule has 0 aromatic heterocycles. The highest BCUT2D eigenvalue weighted by Crippen LogP contribution is 2.53. The van der Waals surface area contributed by atoms with Crippen molar-refractivity contribution in [2.45, 2.75) is 43.6 Å². The van der Waals surface area contributed by atoms with E-state index < -0.39 is 0 Å². The Hall–Kier alpha value is -3.36. The van der Waals surface area contributed by atoms with Gasteiger partial charge in [-0.25, -0.2) is 0 Å². The molecule has 3 unspecified atom stereocenters. The number of rotatable bonds is 6. The van der Waals surface area contributed by atoms with Crippen LogP contribution in [0.25, 0.3) is 0 Å². The molecule has 1 heterocycles. The zero-order valence-electron chi connectivity index (χ0n) is 21.1. The number of hydrogen-bond donors (Lipinski definition) is 1. The van der Waals surface area contributed by atoms with Crippen LogP contribution in [-0.2, 0) is 11.8 Å². The summed E-state index contributed by atoms with van der Waals surface area (Å²) < 4.78 is 0. The largest absolute Gasteiger partial charge is 0.508 e. The molecule has 1 N–H and O–H groups in total. The molecular weight excluding hydrogens is 438 g/mol. The zero-order chi connectivity index (χ0) is 24.5. The van der Waals surface area contributed by atoms with Gasteiger partial charge in [0, 0.05) is 17.4 Å². The van der Waals surface area contributed by atoms with Crippen molar-refractivity contribution in [2.24, 2.45) is 5.92 Å². The van der Waals surface area contributed by atoms with E-state index >= 15 is 0 Å². The van der Waals surface area contributed by atoms with Gasteiger partial charge in [0.25, 0.3) is 0 Å². The summed E-state index contributed by atoms with van der Waals surface area (Å²) in [5.74, 6) is 1.25. The molecule has 1 saturated heterocycles. The van der Waals surface area contributed by atoms with Gasteiger partial charge in [-0.2, -0.15) is 0 Å². The molecule has 1 fully saturated rings. The van der Waals surface area contributed by atoms with E-state index in [0.29, 0.717) is 23.6 Å². The predicted octanol–water partition coefficient (Wildman–Crippen LogP) is 7.17. The van der Waals surface area contributed by atoms with Crippen LogP contribution in [0.4, 0.5) is 0 Å². The van der Waals surface area contributed by atoms with Gasteiger partial charge in [0.05, 0.1) is 0 Å². The van der Waals surface area contributed by atoms with E-state index in [1.807, 2.05) is 12.1 Å². The van der Waals surface area contributed by atoms with E-state index in [4.69, 9.17) is 0 Å². The van der Waals surface area contributed by atoms with Gasteiger partial charge in [-0.1, -0.05) is 104 Å². The van der Waals surface area contributed by atoms with Crippen LogP contribution >= 0.6 is 0 Å². The molecule has 2 nitrogen and oxygen atoms in total. The number of nitrogens with zero attached hydrogens (tertiary/aromatic N) is 1. The van der Waals surface area contributed by atoms with Crippen LogP contribution in [0.1, 0.15) is 53.5 Å². The number of likely N-dealkylation sites (tertiary alicyclic amines) is 1. The minimum Gasteiger partial charge on any atom is -0.508 e. The molecule has 4 aromatic rings. The van der Waals surface area contributed by atoms with Crippen LogP contribution in [0.5, 0.6) is 5.75 Å². The van der Waals surface area contributed by atoms with Crippen LogP contribution in [0.15, 0.2) is 109 Å². The minimum absolute atomic E-state index is 0.0486. The quantitative estimate of drug-likeness (QED) is 0.321. The van der Waals surface area contributed by atoms with Crippen molar-refractivity contribution in [1.82, 2.24) is 4.90 Å². The molecule has 2 bridgehead atoms. The summed E-state index contributed by atoms with van der Waals surface area (Å²) in [5, 5.41) is 10.4. The Labute approximate surface area is 215 Å². The number of aromatic hydroxyl groups is 1. The summed E-state index contributed by atoms with van der Waals surface area (Å²) in [6.07, 6.45) is 3.23. The lowest BCUT2D eigenvalue weighted by Crippen LogP contribution is -2.59. The molecule has 3 atom stereocenters. The van der Waals surface area contributed by atoms with Gasteiger partial charge in [-0.05, 0) is 78.2 Å². The lowest BCUT2D eigenvalue weighted by atomic mass is 9.55. The molecule has 0 radical (unpaired) electrons. The minimum atomic E-state index is -0.0486. The zero-order valence-corrected chi connectivity index (χ0v) is 21.1. The van der Waals surface area contributed by atoms with Crippen molar-refractivity contribution in [3.05, 3.63) is 137 Å². The van der Waals surface area contributed by atoms with Gasteiger partial charge >= 0.3 is 0 Å². The molecular formula is C34H35NO. The first-order valence-corrected chi connectivity index (χ1v) is 13.4.